The number of aliphatic hydroxyl groups is 1. The molecular formula is C16H22O. The maximum absolute atomic E-state index is 10.4. The molecule has 0 aromatic heterocycles. The molecule has 1 aromatic rings. The standard InChI is InChI=1S/C16H22O/c1-4-6-12-13(7-5-2)16(17)14-9-8-11(3)10-15(12)14/h8-10,16-17H,4-7H2,1-3H3. The van der Waals surface area contributed by atoms with Crippen molar-refractivity contribution in [3.63, 3.8) is 0 Å². The molecule has 0 saturated carbocycles. The summed E-state index contributed by atoms with van der Waals surface area (Å²) in [6, 6.07) is 6.42. The first-order valence-electron chi connectivity index (χ1n) is 6.69. The van der Waals surface area contributed by atoms with Crippen molar-refractivity contribution in [1.29, 1.82) is 0 Å². The van der Waals surface area contributed by atoms with Gasteiger partial charge in [-0.05, 0) is 42.0 Å². The van der Waals surface area contributed by atoms with Crippen LogP contribution in [0.5, 0.6) is 0 Å². The molecule has 1 unspecified atom stereocenters. The molecule has 0 heterocycles. The minimum atomic E-state index is -0.355. The Morgan fingerprint density at radius 3 is 2.47 bits per heavy atom. The van der Waals surface area contributed by atoms with Gasteiger partial charge in [-0.1, -0.05) is 50.5 Å². The summed E-state index contributed by atoms with van der Waals surface area (Å²) in [5.41, 5.74) is 6.35. The number of rotatable bonds is 4. The summed E-state index contributed by atoms with van der Waals surface area (Å²) in [5, 5.41) is 10.4. The summed E-state index contributed by atoms with van der Waals surface area (Å²) >= 11 is 0. The van der Waals surface area contributed by atoms with E-state index in [9.17, 15) is 5.11 Å². The van der Waals surface area contributed by atoms with Crippen LogP contribution >= 0.6 is 0 Å². The van der Waals surface area contributed by atoms with E-state index in [1.165, 1.54) is 22.3 Å². The molecule has 1 aliphatic rings. The van der Waals surface area contributed by atoms with E-state index < -0.39 is 0 Å². The molecule has 92 valence electrons. The van der Waals surface area contributed by atoms with Crippen LogP contribution in [0.25, 0.3) is 5.57 Å². The number of fused-ring (bicyclic) bond motifs is 1. The molecular weight excluding hydrogens is 208 g/mol. The number of aryl methyl sites for hydroxylation is 1. The van der Waals surface area contributed by atoms with Crippen LogP contribution in [0, 0.1) is 6.92 Å². The summed E-state index contributed by atoms with van der Waals surface area (Å²) in [5.74, 6) is 0. The topological polar surface area (TPSA) is 20.2 Å². The van der Waals surface area contributed by atoms with Crippen molar-refractivity contribution >= 4 is 5.57 Å². The Morgan fingerprint density at radius 2 is 1.82 bits per heavy atom. The largest absolute Gasteiger partial charge is 0.384 e. The molecule has 0 saturated heterocycles. The van der Waals surface area contributed by atoms with Gasteiger partial charge in [0.25, 0.3) is 0 Å². The van der Waals surface area contributed by atoms with Crippen LogP contribution in [0.15, 0.2) is 23.8 Å². The summed E-state index contributed by atoms with van der Waals surface area (Å²) < 4.78 is 0. The Labute approximate surface area is 104 Å². The van der Waals surface area contributed by atoms with Crippen LogP contribution in [0.1, 0.15) is 62.3 Å². The lowest BCUT2D eigenvalue weighted by atomic mass is 9.98. The maximum atomic E-state index is 10.4. The molecule has 1 heteroatoms. The van der Waals surface area contributed by atoms with Gasteiger partial charge in [-0.25, -0.2) is 0 Å². The van der Waals surface area contributed by atoms with Crippen LogP contribution in [0.2, 0.25) is 0 Å². The van der Waals surface area contributed by atoms with E-state index in [0.717, 1.165) is 31.2 Å². The van der Waals surface area contributed by atoms with E-state index in [1.54, 1.807) is 0 Å². The van der Waals surface area contributed by atoms with Crippen molar-refractivity contribution < 1.29 is 5.11 Å². The second-order valence-electron chi connectivity index (χ2n) is 5.00. The van der Waals surface area contributed by atoms with Crippen molar-refractivity contribution in [2.45, 2.75) is 52.6 Å². The lowest BCUT2D eigenvalue weighted by Gasteiger charge is -2.09. The van der Waals surface area contributed by atoms with E-state index in [0.29, 0.717) is 0 Å². The van der Waals surface area contributed by atoms with Gasteiger partial charge in [-0.15, -0.1) is 0 Å². The third-order valence-corrected chi connectivity index (χ3v) is 3.57. The highest BCUT2D eigenvalue weighted by molar-refractivity contribution is 5.78. The zero-order valence-electron chi connectivity index (χ0n) is 11.1. The van der Waals surface area contributed by atoms with Gasteiger partial charge < -0.3 is 5.11 Å². The second-order valence-corrected chi connectivity index (χ2v) is 5.00. The predicted octanol–water partition coefficient (Wildman–Crippen LogP) is 4.40. The van der Waals surface area contributed by atoms with Gasteiger partial charge in [-0.3, -0.25) is 0 Å². The Balaban J connectivity index is 2.49. The van der Waals surface area contributed by atoms with Gasteiger partial charge in [0.1, 0.15) is 6.10 Å². The van der Waals surface area contributed by atoms with Crippen LogP contribution in [0.4, 0.5) is 0 Å². The minimum Gasteiger partial charge on any atom is -0.384 e. The third-order valence-electron chi connectivity index (χ3n) is 3.57. The third kappa shape index (κ3) is 2.16. The van der Waals surface area contributed by atoms with Crippen molar-refractivity contribution in [3.05, 3.63) is 40.5 Å². The monoisotopic (exact) mass is 230 g/mol. The Kier molecular flexibility index (Phi) is 3.68. The molecule has 1 atom stereocenters. The SMILES string of the molecule is CCCC1=C(CCC)C(O)c2ccc(C)cc21. The van der Waals surface area contributed by atoms with Crippen molar-refractivity contribution in [1.82, 2.24) is 0 Å². The fourth-order valence-electron chi connectivity index (χ4n) is 2.80. The zero-order chi connectivity index (χ0) is 12.4. The molecule has 0 radical (unpaired) electrons. The van der Waals surface area contributed by atoms with Gasteiger partial charge in [0, 0.05) is 0 Å². The van der Waals surface area contributed by atoms with Crippen LogP contribution in [-0.2, 0) is 0 Å². The molecule has 0 amide bonds. The van der Waals surface area contributed by atoms with Gasteiger partial charge in [0.15, 0.2) is 0 Å². The molecule has 1 N–H and O–H groups in total. The minimum absolute atomic E-state index is 0.355. The number of hydrogen-bond acceptors (Lipinski definition) is 1. The van der Waals surface area contributed by atoms with Crippen molar-refractivity contribution in [3.8, 4) is 0 Å². The highest BCUT2D eigenvalue weighted by Gasteiger charge is 2.28. The van der Waals surface area contributed by atoms with E-state index in [-0.39, 0.29) is 6.10 Å². The molecule has 0 spiro atoms. The van der Waals surface area contributed by atoms with Crippen LogP contribution in [0.3, 0.4) is 0 Å². The lowest BCUT2D eigenvalue weighted by molar-refractivity contribution is 0.215. The van der Waals surface area contributed by atoms with Crippen LogP contribution in [-0.4, -0.2) is 5.11 Å². The molecule has 17 heavy (non-hydrogen) atoms. The number of aliphatic hydroxyl groups excluding tert-OH is 1. The molecule has 2 rings (SSSR count). The number of benzene rings is 1. The predicted molar refractivity (Wildman–Crippen MR) is 72.9 cm³/mol. The van der Waals surface area contributed by atoms with Gasteiger partial charge >= 0.3 is 0 Å². The summed E-state index contributed by atoms with van der Waals surface area (Å²) in [6.45, 7) is 6.50. The summed E-state index contributed by atoms with van der Waals surface area (Å²) in [4.78, 5) is 0. The Morgan fingerprint density at radius 1 is 1.12 bits per heavy atom. The summed E-state index contributed by atoms with van der Waals surface area (Å²) in [7, 11) is 0. The lowest BCUT2D eigenvalue weighted by Crippen LogP contribution is -1.97. The smallest absolute Gasteiger partial charge is 0.101 e. The van der Waals surface area contributed by atoms with Crippen molar-refractivity contribution in [2.75, 3.05) is 0 Å². The van der Waals surface area contributed by atoms with E-state index in [4.69, 9.17) is 0 Å². The molecule has 1 nitrogen and oxygen atoms in total. The first-order valence-corrected chi connectivity index (χ1v) is 6.69. The molecule has 0 aliphatic heterocycles. The fourth-order valence-corrected chi connectivity index (χ4v) is 2.80. The van der Waals surface area contributed by atoms with Gasteiger partial charge in [-0.2, -0.15) is 0 Å². The van der Waals surface area contributed by atoms with Gasteiger partial charge in [0.05, 0.1) is 0 Å². The second kappa shape index (κ2) is 5.05. The van der Waals surface area contributed by atoms with E-state index >= 15 is 0 Å². The van der Waals surface area contributed by atoms with E-state index in [1.807, 2.05) is 0 Å². The number of hydrogen-bond donors (Lipinski definition) is 1. The highest BCUT2D eigenvalue weighted by atomic mass is 16.3. The molecule has 0 fully saturated rings. The average Bonchev–Trinajstić information content (AvgIpc) is 2.55. The number of allylic oxidation sites excluding steroid dienone is 1. The molecule has 1 aromatic carbocycles. The Bertz CT molecular complexity index is 443. The Hall–Kier alpha value is -1.08. The molecule has 1 aliphatic carbocycles. The first-order chi connectivity index (χ1) is 8.19. The van der Waals surface area contributed by atoms with Crippen molar-refractivity contribution in [2.24, 2.45) is 0 Å². The normalized spacial score (nSPS) is 18.7. The fraction of sp³-hybridized carbons (Fsp3) is 0.500. The summed E-state index contributed by atoms with van der Waals surface area (Å²) in [6.07, 6.45) is 3.99. The molecule has 0 bridgehead atoms. The first kappa shape index (κ1) is 12.4. The average molecular weight is 230 g/mol. The highest BCUT2D eigenvalue weighted by Crippen LogP contribution is 2.44. The zero-order valence-corrected chi connectivity index (χ0v) is 11.1. The quantitative estimate of drug-likeness (QED) is 0.813. The van der Waals surface area contributed by atoms with E-state index in [2.05, 4.69) is 39.0 Å². The van der Waals surface area contributed by atoms with Gasteiger partial charge in [0.2, 0.25) is 0 Å². The van der Waals surface area contributed by atoms with Crippen LogP contribution < -0.4 is 0 Å². The maximum Gasteiger partial charge on any atom is 0.101 e.